The van der Waals surface area contributed by atoms with E-state index in [4.69, 9.17) is 10.5 Å². The predicted molar refractivity (Wildman–Crippen MR) is 108 cm³/mol. The number of ether oxygens (including phenoxy) is 1. The molecule has 5 nitrogen and oxygen atoms in total. The fraction of sp³-hybridized carbons (Fsp3) is 0.217. The van der Waals surface area contributed by atoms with E-state index < -0.39 is 0 Å². The van der Waals surface area contributed by atoms with E-state index in [-0.39, 0.29) is 17.2 Å². The second-order valence-corrected chi connectivity index (χ2v) is 7.98. The molecule has 1 aliphatic heterocycles. The first-order valence-electron chi connectivity index (χ1n) is 9.22. The zero-order valence-corrected chi connectivity index (χ0v) is 16.2. The SMILES string of the molecule is CC(C)(C)c1ccc([C@@H]2C(C#N)=C(N)Oc3n[nH]c(-c4ccccc4)c32)cc1. The molecule has 1 atom stereocenters. The molecule has 140 valence electrons. The summed E-state index contributed by atoms with van der Waals surface area (Å²) < 4.78 is 5.66. The number of allylic oxidation sites excluding steroid dienone is 1. The van der Waals surface area contributed by atoms with Gasteiger partial charge in [0.15, 0.2) is 0 Å². The van der Waals surface area contributed by atoms with Crippen LogP contribution in [0.4, 0.5) is 0 Å². The third-order valence-corrected chi connectivity index (χ3v) is 5.11. The molecule has 3 N–H and O–H groups in total. The van der Waals surface area contributed by atoms with Gasteiger partial charge in [0.1, 0.15) is 11.6 Å². The Kier molecular flexibility index (Phi) is 4.20. The van der Waals surface area contributed by atoms with Gasteiger partial charge in [0.05, 0.1) is 17.2 Å². The molecule has 3 aromatic rings. The van der Waals surface area contributed by atoms with Crippen molar-refractivity contribution in [2.45, 2.75) is 32.1 Å². The summed E-state index contributed by atoms with van der Waals surface area (Å²) in [5.74, 6) is 0.183. The number of nitrogens with two attached hydrogens (primary N) is 1. The fourth-order valence-corrected chi connectivity index (χ4v) is 3.58. The zero-order valence-electron chi connectivity index (χ0n) is 16.2. The quantitative estimate of drug-likeness (QED) is 0.690. The van der Waals surface area contributed by atoms with Crippen LogP contribution in [0.5, 0.6) is 5.88 Å². The van der Waals surface area contributed by atoms with Crippen molar-refractivity contribution in [3.63, 3.8) is 0 Å². The average Bonchev–Trinajstić information content (AvgIpc) is 3.10. The Bertz CT molecular complexity index is 1080. The highest BCUT2D eigenvalue weighted by Crippen LogP contribution is 2.45. The van der Waals surface area contributed by atoms with Gasteiger partial charge in [-0.15, -0.1) is 5.10 Å². The second-order valence-electron chi connectivity index (χ2n) is 7.98. The van der Waals surface area contributed by atoms with Crippen molar-refractivity contribution < 1.29 is 4.74 Å². The first kappa shape index (κ1) is 17.9. The van der Waals surface area contributed by atoms with E-state index >= 15 is 0 Å². The molecule has 4 rings (SSSR count). The predicted octanol–water partition coefficient (Wildman–Crippen LogP) is 4.59. The third-order valence-electron chi connectivity index (χ3n) is 5.11. The van der Waals surface area contributed by atoms with Crippen LogP contribution in [-0.4, -0.2) is 10.2 Å². The van der Waals surface area contributed by atoms with Crippen molar-refractivity contribution in [2.24, 2.45) is 5.73 Å². The van der Waals surface area contributed by atoms with E-state index in [9.17, 15) is 5.26 Å². The van der Waals surface area contributed by atoms with Gasteiger partial charge >= 0.3 is 0 Å². The maximum absolute atomic E-state index is 9.80. The van der Waals surface area contributed by atoms with Crippen molar-refractivity contribution in [1.82, 2.24) is 10.2 Å². The lowest BCUT2D eigenvalue weighted by Gasteiger charge is -2.25. The minimum Gasteiger partial charge on any atom is -0.420 e. The van der Waals surface area contributed by atoms with E-state index in [0.29, 0.717) is 11.5 Å². The second kappa shape index (κ2) is 6.58. The normalized spacial score (nSPS) is 16.3. The number of rotatable bonds is 2. The molecule has 0 amide bonds. The Labute approximate surface area is 164 Å². The van der Waals surface area contributed by atoms with Crippen LogP contribution in [0.25, 0.3) is 11.3 Å². The number of H-pyrrole nitrogens is 1. The lowest BCUT2D eigenvalue weighted by Crippen LogP contribution is -2.21. The first-order valence-corrected chi connectivity index (χ1v) is 9.22. The highest BCUT2D eigenvalue weighted by molar-refractivity contribution is 5.70. The average molecular weight is 370 g/mol. The van der Waals surface area contributed by atoms with Crippen LogP contribution in [0, 0.1) is 11.3 Å². The van der Waals surface area contributed by atoms with Gasteiger partial charge in [0.2, 0.25) is 11.8 Å². The Morgan fingerprint density at radius 1 is 1.07 bits per heavy atom. The Morgan fingerprint density at radius 2 is 1.75 bits per heavy atom. The largest absolute Gasteiger partial charge is 0.420 e. The molecule has 0 bridgehead atoms. The molecule has 0 aliphatic carbocycles. The number of fused-ring (bicyclic) bond motifs is 1. The number of nitriles is 1. The summed E-state index contributed by atoms with van der Waals surface area (Å²) in [5.41, 5.74) is 11.4. The van der Waals surface area contributed by atoms with Gasteiger partial charge in [-0.05, 0) is 22.1 Å². The van der Waals surface area contributed by atoms with Crippen molar-refractivity contribution in [1.29, 1.82) is 5.26 Å². The number of hydrogen-bond acceptors (Lipinski definition) is 4. The number of hydrogen-bond donors (Lipinski definition) is 2. The molecule has 0 radical (unpaired) electrons. The number of nitrogens with one attached hydrogen (secondary N) is 1. The van der Waals surface area contributed by atoms with Crippen molar-refractivity contribution in [2.75, 3.05) is 0 Å². The molecule has 0 spiro atoms. The van der Waals surface area contributed by atoms with E-state index in [1.165, 1.54) is 5.56 Å². The number of benzene rings is 2. The summed E-state index contributed by atoms with van der Waals surface area (Å²) in [5, 5.41) is 17.2. The summed E-state index contributed by atoms with van der Waals surface area (Å²) in [6.07, 6.45) is 0. The lowest BCUT2D eigenvalue weighted by molar-refractivity contribution is 0.379. The van der Waals surface area contributed by atoms with Crippen molar-refractivity contribution >= 4 is 0 Å². The molecular weight excluding hydrogens is 348 g/mol. The van der Waals surface area contributed by atoms with Gasteiger partial charge in [-0.3, -0.25) is 5.10 Å². The van der Waals surface area contributed by atoms with E-state index in [1.54, 1.807) is 0 Å². The maximum atomic E-state index is 9.80. The van der Waals surface area contributed by atoms with Crippen LogP contribution in [-0.2, 0) is 5.41 Å². The summed E-state index contributed by atoms with van der Waals surface area (Å²) in [6.45, 7) is 6.53. The summed E-state index contributed by atoms with van der Waals surface area (Å²) >= 11 is 0. The van der Waals surface area contributed by atoms with Crippen molar-refractivity contribution in [3.8, 4) is 23.2 Å². The molecule has 28 heavy (non-hydrogen) atoms. The summed E-state index contributed by atoms with van der Waals surface area (Å²) in [6, 6.07) is 20.5. The Balaban J connectivity index is 1.89. The zero-order chi connectivity index (χ0) is 19.9. The van der Waals surface area contributed by atoms with Gasteiger partial charge in [0, 0.05) is 0 Å². The molecule has 0 saturated carbocycles. The molecule has 0 saturated heterocycles. The molecule has 5 heteroatoms. The van der Waals surface area contributed by atoms with E-state index in [2.05, 4.69) is 61.3 Å². The first-order chi connectivity index (χ1) is 13.4. The summed E-state index contributed by atoms with van der Waals surface area (Å²) in [4.78, 5) is 0. The highest BCUT2D eigenvalue weighted by Gasteiger charge is 2.35. The minimum absolute atomic E-state index is 0.0527. The Morgan fingerprint density at radius 3 is 2.36 bits per heavy atom. The summed E-state index contributed by atoms with van der Waals surface area (Å²) in [7, 11) is 0. The molecule has 0 fully saturated rings. The number of nitrogens with zero attached hydrogens (tertiary/aromatic N) is 2. The minimum atomic E-state index is -0.336. The molecule has 2 aromatic carbocycles. The van der Waals surface area contributed by atoms with Crippen LogP contribution < -0.4 is 10.5 Å². The van der Waals surface area contributed by atoms with Gasteiger partial charge in [-0.1, -0.05) is 75.4 Å². The molecular formula is C23H22N4O. The van der Waals surface area contributed by atoms with E-state index in [1.807, 2.05) is 30.3 Å². The van der Waals surface area contributed by atoms with Crippen LogP contribution in [0.1, 0.15) is 43.4 Å². The standard InChI is InChI=1S/C23H22N4O/c1-23(2,3)16-11-9-14(10-12-16)18-17(13-24)21(25)28-22-19(18)20(26-27-22)15-7-5-4-6-8-15/h4-12,18H,25H2,1-3H3,(H,26,27)/t18-/m1/s1. The van der Waals surface area contributed by atoms with Gasteiger partial charge in [0.25, 0.3) is 0 Å². The maximum Gasteiger partial charge on any atom is 0.244 e. The van der Waals surface area contributed by atoms with Gasteiger partial charge in [-0.25, -0.2) is 0 Å². The highest BCUT2D eigenvalue weighted by atomic mass is 16.5. The van der Waals surface area contributed by atoms with Gasteiger partial charge in [-0.2, -0.15) is 5.26 Å². The third kappa shape index (κ3) is 2.93. The molecule has 0 unspecified atom stereocenters. The van der Waals surface area contributed by atoms with Gasteiger partial charge < -0.3 is 10.5 Å². The number of aromatic nitrogens is 2. The molecule has 1 aromatic heterocycles. The van der Waals surface area contributed by atoms with Crippen LogP contribution >= 0.6 is 0 Å². The lowest BCUT2D eigenvalue weighted by atomic mass is 9.81. The molecule has 1 aliphatic rings. The van der Waals surface area contributed by atoms with Crippen LogP contribution in [0.3, 0.4) is 0 Å². The monoisotopic (exact) mass is 370 g/mol. The van der Waals surface area contributed by atoms with Crippen molar-refractivity contribution in [3.05, 3.63) is 82.7 Å². The topological polar surface area (TPSA) is 87.7 Å². The van der Waals surface area contributed by atoms with E-state index in [0.717, 1.165) is 22.4 Å². The number of aromatic amines is 1. The Hall–Kier alpha value is -3.52. The molecule has 2 heterocycles. The fourth-order valence-electron chi connectivity index (χ4n) is 3.58. The smallest absolute Gasteiger partial charge is 0.244 e. The van der Waals surface area contributed by atoms with Crippen LogP contribution in [0.15, 0.2) is 66.1 Å². The van der Waals surface area contributed by atoms with Crippen LogP contribution in [0.2, 0.25) is 0 Å².